The molecule has 2 rings (SSSR count). The van der Waals surface area contributed by atoms with Crippen molar-refractivity contribution in [2.45, 2.75) is 40.0 Å². The summed E-state index contributed by atoms with van der Waals surface area (Å²) >= 11 is 0. The van der Waals surface area contributed by atoms with Crippen LogP contribution in [0.5, 0.6) is 0 Å². The minimum atomic E-state index is 0. The summed E-state index contributed by atoms with van der Waals surface area (Å²) < 4.78 is 7.36. The largest absolute Gasteiger partial charge is 0.377 e. The fourth-order valence-electron chi connectivity index (χ4n) is 2.35. The van der Waals surface area contributed by atoms with E-state index < -0.39 is 0 Å². The van der Waals surface area contributed by atoms with Gasteiger partial charge in [0.05, 0.1) is 13.2 Å². The molecule has 0 saturated heterocycles. The zero-order chi connectivity index (χ0) is 17.7. The molecule has 0 spiro atoms. The first-order chi connectivity index (χ1) is 12.3. The number of hydrogen-bond donors (Lipinski definition) is 2. The first-order valence-corrected chi connectivity index (χ1v) is 8.97. The number of aliphatic imine (C=N–C) groups is 1. The maximum absolute atomic E-state index is 5.42. The first-order valence-electron chi connectivity index (χ1n) is 8.97. The Morgan fingerprint density at radius 1 is 1.15 bits per heavy atom. The van der Waals surface area contributed by atoms with Crippen molar-refractivity contribution in [2.24, 2.45) is 4.99 Å². The van der Waals surface area contributed by atoms with E-state index >= 15 is 0 Å². The number of nitrogens with zero attached hydrogens (tertiary/aromatic N) is 3. The molecule has 0 saturated carbocycles. The Morgan fingerprint density at radius 2 is 1.92 bits per heavy atom. The van der Waals surface area contributed by atoms with Gasteiger partial charge in [0.15, 0.2) is 5.96 Å². The Hall–Kier alpha value is -1.61. The van der Waals surface area contributed by atoms with Crippen molar-refractivity contribution in [2.75, 3.05) is 19.7 Å². The van der Waals surface area contributed by atoms with Gasteiger partial charge in [-0.1, -0.05) is 24.3 Å². The van der Waals surface area contributed by atoms with E-state index in [0.717, 1.165) is 38.6 Å². The van der Waals surface area contributed by atoms with E-state index in [0.29, 0.717) is 13.2 Å². The van der Waals surface area contributed by atoms with Crippen LogP contribution >= 0.6 is 24.0 Å². The standard InChI is InChI=1S/C19H29N5O.HI/c1-3-20-19(21-11-5-13-24-14-6-12-23-24)22-15-17-7-9-18(10-8-17)16-25-4-2;/h6-10,12,14H,3-5,11,13,15-16H2,1-2H3,(H2,20,21,22);1H. The second-order valence-corrected chi connectivity index (χ2v) is 5.70. The van der Waals surface area contributed by atoms with Crippen molar-refractivity contribution in [1.82, 2.24) is 20.4 Å². The first kappa shape index (κ1) is 22.4. The van der Waals surface area contributed by atoms with Crippen LogP contribution in [0.15, 0.2) is 47.7 Å². The molecule has 0 amide bonds. The van der Waals surface area contributed by atoms with Gasteiger partial charge in [0.2, 0.25) is 0 Å². The molecule has 0 radical (unpaired) electrons. The summed E-state index contributed by atoms with van der Waals surface area (Å²) in [4.78, 5) is 4.65. The van der Waals surface area contributed by atoms with Crippen LogP contribution in [-0.2, 0) is 24.4 Å². The highest BCUT2D eigenvalue weighted by atomic mass is 127. The Kier molecular flexibility index (Phi) is 11.7. The maximum atomic E-state index is 5.42. The highest BCUT2D eigenvalue weighted by Gasteiger charge is 1.99. The predicted molar refractivity (Wildman–Crippen MR) is 117 cm³/mol. The number of hydrogen-bond acceptors (Lipinski definition) is 3. The maximum Gasteiger partial charge on any atom is 0.191 e. The number of ether oxygens (including phenoxy) is 1. The highest BCUT2D eigenvalue weighted by molar-refractivity contribution is 14.0. The van der Waals surface area contributed by atoms with Gasteiger partial charge in [0, 0.05) is 38.6 Å². The lowest BCUT2D eigenvalue weighted by molar-refractivity contribution is 0.134. The van der Waals surface area contributed by atoms with Gasteiger partial charge in [-0.2, -0.15) is 5.10 Å². The van der Waals surface area contributed by atoms with Gasteiger partial charge in [-0.15, -0.1) is 24.0 Å². The second-order valence-electron chi connectivity index (χ2n) is 5.70. The fourth-order valence-corrected chi connectivity index (χ4v) is 2.35. The summed E-state index contributed by atoms with van der Waals surface area (Å²) in [5.74, 6) is 0.848. The van der Waals surface area contributed by atoms with Crippen molar-refractivity contribution in [3.63, 3.8) is 0 Å². The molecule has 0 aliphatic heterocycles. The van der Waals surface area contributed by atoms with E-state index in [1.165, 1.54) is 11.1 Å². The van der Waals surface area contributed by atoms with Crippen LogP contribution in [0.2, 0.25) is 0 Å². The SMILES string of the molecule is CCNC(=NCc1ccc(COCC)cc1)NCCCn1cccn1.I. The van der Waals surface area contributed by atoms with Crippen molar-refractivity contribution in [3.8, 4) is 0 Å². The van der Waals surface area contributed by atoms with Gasteiger partial charge in [0.1, 0.15) is 0 Å². The van der Waals surface area contributed by atoms with Crippen molar-refractivity contribution in [3.05, 3.63) is 53.9 Å². The normalized spacial score (nSPS) is 11.1. The fraction of sp³-hybridized carbons (Fsp3) is 0.474. The highest BCUT2D eigenvalue weighted by Crippen LogP contribution is 2.07. The molecule has 6 nitrogen and oxygen atoms in total. The second kappa shape index (κ2) is 13.6. The summed E-state index contributed by atoms with van der Waals surface area (Å²) in [5.41, 5.74) is 2.38. The molecule has 144 valence electrons. The number of halogens is 1. The zero-order valence-electron chi connectivity index (χ0n) is 15.6. The van der Waals surface area contributed by atoms with Crippen LogP contribution in [0.4, 0.5) is 0 Å². The number of guanidine groups is 1. The molecule has 2 aromatic rings. The Morgan fingerprint density at radius 3 is 2.58 bits per heavy atom. The molecule has 26 heavy (non-hydrogen) atoms. The third kappa shape index (κ3) is 8.66. The van der Waals surface area contributed by atoms with Crippen molar-refractivity contribution < 1.29 is 4.74 Å². The summed E-state index contributed by atoms with van der Waals surface area (Å²) in [6.45, 7) is 8.75. The average Bonchev–Trinajstić information content (AvgIpc) is 3.15. The quantitative estimate of drug-likeness (QED) is 0.242. The molecule has 1 aromatic carbocycles. The Labute approximate surface area is 173 Å². The van der Waals surface area contributed by atoms with Crippen molar-refractivity contribution >= 4 is 29.9 Å². The summed E-state index contributed by atoms with van der Waals surface area (Å²) in [6, 6.07) is 10.4. The van der Waals surface area contributed by atoms with E-state index in [-0.39, 0.29) is 24.0 Å². The van der Waals surface area contributed by atoms with Gasteiger partial charge in [0.25, 0.3) is 0 Å². The van der Waals surface area contributed by atoms with E-state index in [1.807, 2.05) is 23.9 Å². The number of aryl methyl sites for hydroxylation is 1. The molecule has 7 heteroatoms. The van der Waals surface area contributed by atoms with Crippen LogP contribution in [0.3, 0.4) is 0 Å². The molecule has 2 N–H and O–H groups in total. The molecule has 1 aromatic heterocycles. The Bertz CT molecular complexity index is 613. The van der Waals surface area contributed by atoms with Gasteiger partial charge >= 0.3 is 0 Å². The minimum Gasteiger partial charge on any atom is -0.377 e. The molecular weight excluding hydrogens is 441 g/mol. The zero-order valence-corrected chi connectivity index (χ0v) is 18.0. The van der Waals surface area contributed by atoms with E-state index in [1.54, 1.807) is 6.20 Å². The summed E-state index contributed by atoms with van der Waals surface area (Å²) in [7, 11) is 0. The van der Waals surface area contributed by atoms with Crippen LogP contribution in [0.25, 0.3) is 0 Å². The molecule has 0 unspecified atom stereocenters. The van der Waals surface area contributed by atoms with Crippen LogP contribution < -0.4 is 10.6 Å². The number of nitrogens with one attached hydrogen (secondary N) is 2. The van der Waals surface area contributed by atoms with Gasteiger partial charge in [-0.25, -0.2) is 4.99 Å². The number of benzene rings is 1. The molecular formula is C19H30IN5O. The van der Waals surface area contributed by atoms with E-state index in [2.05, 4.69) is 51.9 Å². The lowest BCUT2D eigenvalue weighted by atomic mass is 10.1. The van der Waals surface area contributed by atoms with Gasteiger partial charge in [-0.05, 0) is 37.5 Å². The third-order valence-electron chi connectivity index (χ3n) is 3.68. The molecule has 0 bridgehead atoms. The third-order valence-corrected chi connectivity index (χ3v) is 3.68. The number of rotatable bonds is 10. The van der Waals surface area contributed by atoms with E-state index in [4.69, 9.17) is 4.74 Å². The Balaban J connectivity index is 0.00000338. The van der Waals surface area contributed by atoms with E-state index in [9.17, 15) is 0 Å². The van der Waals surface area contributed by atoms with Crippen LogP contribution in [-0.4, -0.2) is 35.4 Å². The lowest BCUT2D eigenvalue weighted by Crippen LogP contribution is -2.38. The number of aromatic nitrogens is 2. The molecule has 0 aliphatic rings. The molecule has 0 fully saturated rings. The van der Waals surface area contributed by atoms with Gasteiger partial charge < -0.3 is 15.4 Å². The summed E-state index contributed by atoms with van der Waals surface area (Å²) in [6.07, 6.45) is 4.78. The minimum absolute atomic E-state index is 0. The predicted octanol–water partition coefficient (Wildman–Crippen LogP) is 3.18. The molecule has 0 atom stereocenters. The van der Waals surface area contributed by atoms with Crippen molar-refractivity contribution in [1.29, 1.82) is 0 Å². The van der Waals surface area contributed by atoms with Crippen LogP contribution in [0, 0.1) is 0 Å². The topological polar surface area (TPSA) is 63.5 Å². The van der Waals surface area contributed by atoms with Gasteiger partial charge in [-0.3, -0.25) is 4.68 Å². The smallest absolute Gasteiger partial charge is 0.191 e. The molecule has 0 aliphatic carbocycles. The van der Waals surface area contributed by atoms with Crippen LogP contribution in [0.1, 0.15) is 31.4 Å². The average molecular weight is 471 g/mol. The summed E-state index contributed by atoms with van der Waals surface area (Å²) in [5, 5.41) is 10.9. The molecule has 1 heterocycles. The monoisotopic (exact) mass is 471 g/mol. The lowest BCUT2D eigenvalue weighted by Gasteiger charge is -2.11.